The normalized spacial score (nSPS) is 36.4. The second kappa shape index (κ2) is 12.1. The van der Waals surface area contributed by atoms with E-state index in [-0.39, 0.29) is 29.8 Å². The van der Waals surface area contributed by atoms with Crippen molar-refractivity contribution in [1.82, 2.24) is 5.32 Å². The molecule has 234 valence electrons. The molecule has 0 aromatic heterocycles. The first kappa shape index (κ1) is 31.3. The van der Waals surface area contributed by atoms with Crippen LogP contribution in [0.1, 0.15) is 64.4 Å². The van der Waals surface area contributed by atoms with Crippen molar-refractivity contribution >= 4 is 23.4 Å². The minimum atomic E-state index is -1.61. The summed E-state index contributed by atoms with van der Waals surface area (Å²) < 4.78 is 4.86. The van der Waals surface area contributed by atoms with Crippen molar-refractivity contribution in [1.29, 1.82) is 0 Å². The summed E-state index contributed by atoms with van der Waals surface area (Å²) in [6.07, 6.45) is 6.00. The van der Waals surface area contributed by atoms with Crippen LogP contribution < -0.4 is 5.32 Å². The van der Waals surface area contributed by atoms with E-state index in [1.165, 1.54) is 12.7 Å². The van der Waals surface area contributed by atoms with Crippen LogP contribution in [0.3, 0.4) is 0 Å². The smallest absolute Gasteiger partial charge is 0.328 e. The molecule has 4 aliphatic carbocycles. The van der Waals surface area contributed by atoms with Crippen LogP contribution >= 0.6 is 0 Å². The van der Waals surface area contributed by atoms with Crippen LogP contribution in [-0.2, 0) is 30.4 Å². The van der Waals surface area contributed by atoms with Crippen molar-refractivity contribution in [2.24, 2.45) is 33.7 Å². The average molecular weight is 597 g/mol. The fraction of sp³-hybridized carbons (Fsp3) is 0.636. The molecule has 0 aliphatic heterocycles. The van der Waals surface area contributed by atoms with Crippen LogP contribution in [0.5, 0.6) is 0 Å². The van der Waals surface area contributed by atoms with Gasteiger partial charge in [0.1, 0.15) is 18.2 Å². The van der Waals surface area contributed by atoms with E-state index >= 15 is 0 Å². The van der Waals surface area contributed by atoms with Gasteiger partial charge in [0.2, 0.25) is 0 Å². The molecule has 3 saturated carbocycles. The molecular formula is C33H44N2O8. The van der Waals surface area contributed by atoms with Gasteiger partial charge in [-0.05, 0) is 79.8 Å². The lowest BCUT2D eigenvalue weighted by Gasteiger charge is -2.60. The summed E-state index contributed by atoms with van der Waals surface area (Å²) in [5.41, 5.74) is 0.181. The Kier molecular flexibility index (Phi) is 8.84. The van der Waals surface area contributed by atoms with Crippen LogP contribution in [-0.4, -0.2) is 76.8 Å². The number of rotatable bonds is 9. The van der Waals surface area contributed by atoms with Gasteiger partial charge in [0, 0.05) is 11.8 Å². The number of fused-ring (bicyclic) bond motifs is 5. The number of carbonyl (C=O) groups is 3. The molecule has 0 bridgehead atoms. The molecule has 0 saturated heterocycles. The monoisotopic (exact) mass is 596 g/mol. The van der Waals surface area contributed by atoms with Gasteiger partial charge >= 0.3 is 5.97 Å². The Morgan fingerprint density at radius 2 is 1.86 bits per heavy atom. The van der Waals surface area contributed by atoms with Gasteiger partial charge in [0.15, 0.2) is 12.4 Å². The van der Waals surface area contributed by atoms with Crippen molar-refractivity contribution in [3.05, 3.63) is 47.5 Å². The molecule has 5 rings (SSSR count). The highest BCUT2D eigenvalue weighted by Crippen LogP contribution is 2.67. The highest BCUT2D eigenvalue weighted by Gasteiger charge is 2.68. The van der Waals surface area contributed by atoms with E-state index in [0.717, 1.165) is 30.5 Å². The quantitative estimate of drug-likeness (QED) is 0.250. The largest absolute Gasteiger partial charge is 0.467 e. The van der Waals surface area contributed by atoms with Gasteiger partial charge in [-0.3, -0.25) is 9.59 Å². The predicted molar refractivity (Wildman–Crippen MR) is 158 cm³/mol. The minimum absolute atomic E-state index is 0.00901. The zero-order valence-electron chi connectivity index (χ0n) is 25.3. The van der Waals surface area contributed by atoms with E-state index in [1.807, 2.05) is 43.3 Å². The topological polar surface area (TPSA) is 155 Å². The summed E-state index contributed by atoms with van der Waals surface area (Å²) in [5.74, 6) is -1.32. The molecule has 8 atom stereocenters. The zero-order chi connectivity index (χ0) is 31.0. The molecule has 0 heterocycles. The molecule has 4 aliphatic rings. The van der Waals surface area contributed by atoms with Crippen molar-refractivity contribution in [3.63, 3.8) is 0 Å². The number of benzene rings is 1. The Hall–Kier alpha value is -3.08. The Morgan fingerprint density at radius 1 is 1.12 bits per heavy atom. The summed E-state index contributed by atoms with van der Waals surface area (Å²) in [5, 5.41) is 39.4. The Labute approximate surface area is 252 Å². The summed E-state index contributed by atoms with van der Waals surface area (Å²) in [6.45, 7) is 3.08. The zero-order valence-corrected chi connectivity index (χ0v) is 25.3. The first-order valence-corrected chi connectivity index (χ1v) is 15.3. The van der Waals surface area contributed by atoms with Crippen LogP contribution in [0.4, 0.5) is 0 Å². The first-order chi connectivity index (χ1) is 20.5. The van der Waals surface area contributed by atoms with E-state index in [4.69, 9.17) is 9.57 Å². The van der Waals surface area contributed by atoms with E-state index in [9.17, 15) is 29.7 Å². The van der Waals surface area contributed by atoms with Gasteiger partial charge in [0.25, 0.3) is 5.91 Å². The number of ether oxygens (including phenoxy) is 1. The van der Waals surface area contributed by atoms with Crippen molar-refractivity contribution in [3.8, 4) is 0 Å². The number of esters is 1. The number of hydrogen-bond donors (Lipinski definition) is 4. The number of methoxy groups -OCH3 is 1. The fourth-order valence-electron chi connectivity index (χ4n) is 8.96. The number of carbonyl (C=O) groups excluding carboxylic acids is 3. The van der Waals surface area contributed by atoms with Gasteiger partial charge in [0.05, 0.1) is 18.9 Å². The SMILES string of the molecule is COC(=O)[C@H](Cc1ccccc1)NC(=O)CON=C1C=C2CC[C@@H]3[C@H]([C@@H](O)C[C@@]4(C)[C@H]3CC[C@]4(O)C(=O)CO)[C@@]2(C)CC1. The number of oxime groups is 1. The highest BCUT2D eigenvalue weighted by atomic mass is 16.6. The van der Waals surface area contributed by atoms with Crippen molar-refractivity contribution < 1.29 is 39.3 Å². The van der Waals surface area contributed by atoms with Crippen molar-refractivity contribution in [2.45, 2.75) is 83.0 Å². The van der Waals surface area contributed by atoms with E-state index in [1.54, 1.807) is 0 Å². The summed E-state index contributed by atoms with van der Waals surface area (Å²) in [6, 6.07) is 8.51. The van der Waals surface area contributed by atoms with Gasteiger partial charge in [-0.25, -0.2) is 4.79 Å². The number of Topliss-reactive ketones (excluding diaryl/α,β-unsaturated/α-hetero) is 1. The van der Waals surface area contributed by atoms with Gasteiger partial charge in [-0.1, -0.05) is 54.9 Å². The number of aliphatic hydroxyl groups is 3. The van der Waals surface area contributed by atoms with Crippen LogP contribution in [0.2, 0.25) is 0 Å². The molecule has 0 unspecified atom stereocenters. The third-order valence-corrected chi connectivity index (χ3v) is 11.1. The van der Waals surface area contributed by atoms with Gasteiger partial charge in [-0.2, -0.15) is 0 Å². The molecule has 1 amide bonds. The maximum absolute atomic E-state index is 12.6. The number of hydrogen-bond acceptors (Lipinski definition) is 9. The van der Waals surface area contributed by atoms with Gasteiger partial charge < -0.3 is 30.2 Å². The number of nitrogens with zero attached hydrogens (tertiary/aromatic N) is 1. The fourth-order valence-corrected chi connectivity index (χ4v) is 8.96. The van der Waals surface area contributed by atoms with E-state index in [2.05, 4.69) is 17.4 Å². The molecule has 4 N–H and O–H groups in total. The standard InChI is InChI=1S/C33H44N2O8/c1-31-13-11-22(35-43-19-28(39)34-25(30(40)42-3)15-20-7-5-4-6-8-20)16-21(31)9-10-23-24-12-14-33(41,27(38)18-36)32(24,2)17-26(37)29(23)31/h4-8,16,23-26,29,36-37,41H,9-15,17-19H2,1-3H3,(H,34,39)/t23-,24-,25-,26-,29+,31-,32-,33-/m0/s1. The number of nitrogens with one attached hydrogen (secondary N) is 1. The third-order valence-electron chi connectivity index (χ3n) is 11.1. The summed E-state index contributed by atoms with van der Waals surface area (Å²) in [7, 11) is 1.28. The number of aliphatic hydroxyl groups excluding tert-OH is 2. The number of amides is 1. The molecule has 1 aromatic carbocycles. The molecule has 1 aromatic rings. The second-order valence-corrected chi connectivity index (χ2v) is 13.3. The molecule has 43 heavy (non-hydrogen) atoms. The third kappa shape index (κ3) is 5.53. The van der Waals surface area contributed by atoms with Crippen molar-refractivity contribution in [2.75, 3.05) is 20.3 Å². The molecule has 10 nitrogen and oxygen atoms in total. The van der Waals surface area contributed by atoms with Crippen LogP contribution in [0.15, 0.2) is 47.1 Å². The predicted octanol–water partition coefficient (Wildman–Crippen LogP) is 2.49. The Morgan fingerprint density at radius 3 is 2.56 bits per heavy atom. The Balaban J connectivity index is 1.23. The maximum atomic E-state index is 12.6. The molecule has 0 radical (unpaired) electrons. The maximum Gasteiger partial charge on any atom is 0.328 e. The van der Waals surface area contributed by atoms with Crippen LogP contribution in [0.25, 0.3) is 0 Å². The van der Waals surface area contributed by atoms with Gasteiger partial charge in [-0.15, -0.1) is 0 Å². The molecular weight excluding hydrogens is 552 g/mol. The Bertz CT molecular complexity index is 1300. The lowest BCUT2D eigenvalue weighted by molar-refractivity contribution is -0.181. The molecule has 10 heteroatoms. The van der Waals surface area contributed by atoms with Crippen LogP contribution in [0, 0.1) is 28.6 Å². The number of allylic oxidation sites excluding steroid dienone is 2. The minimum Gasteiger partial charge on any atom is -0.467 e. The lowest BCUT2D eigenvalue weighted by atomic mass is 9.45. The average Bonchev–Trinajstić information content (AvgIpc) is 3.26. The molecule has 0 spiro atoms. The lowest BCUT2D eigenvalue weighted by Crippen LogP contribution is -2.62. The summed E-state index contributed by atoms with van der Waals surface area (Å²) in [4.78, 5) is 42.9. The van der Waals surface area contributed by atoms with E-state index in [0.29, 0.717) is 32.1 Å². The summed E-state index contributed by atoms with van der Waals surface area (Å²) >= 11 is 0. The highest BCUT2D eigenvalue weighted by molar-refractivity contribution is 5.96. The molecule has 3 fully saturated rings. The second-order valence-electron chi connectivity index (χ2n) is 13.3. The van der Waals surface area contributed by atoms with E-state index < -0.39 is 47.4 Å². The first-order valence-electron chi connectivity index (χ1n) is 15.3. The number of ketones is 1.